The number of benzene rings is 2. The third-order valence-corrected chi connectivity index (χ3v) is 6.20. The molecule has 0 radical (unpaired) electrons. The third-order valence-electron chi connectivity index (χ3n) is 6.20. The van der Waals surface area contributed by atoms with Gasteiger partial charge in [0, 0.05) is 45.1 Å². The summed E-state index contributed by atoms with van der Waals surface area (Å²) in [5.41, 5.74) is 5.35. The monoisotopic (exact) mass is 444 g/mol. The number of ether oxygens (including phenoxy) is 1. The van der Waals surface area contributed by atoms with E-state index in [0.29, 0.717) is 25.3 Å². The maximum absolute atomic E-state index is 12.9. The second kappa shape index (κ2) is 10.0. The Bertz CT molecular complexity index is 1110. The predicted molar refractivity (Wildman–Crippen MR) is 132 cm³/mol. The van der Waals surface area contributed by atoms with Gasteiger partial charge in [-0.25, -0.2) is 9.97 Å². The molecule has 0 bridgehead atoms. The molecule has 1 unspecified atom stereocenters. The van der Waals surface area contributed by atoms with Crippen molar-refractivity contribution >= 4 is 11.9 Å². The van der Waals surface area contributed by atoms with Crippen LogP contribution in [0.5, 0.6) is 5.75 Å². The number of carbonyl (C=O) groups excluding carboxylic acids is 1. The number of likely N-dealkylation sites (tertiary alicyclic amines) is 1. The van der Waals surface area contributed by atoms with Crippen molar-refractivity contribution in [3.8, 4) is 17.0 Å². The quantitative estimate of drug-likeness (QED) is 0.538. The summed E-state index contributed by atoms with van der Waals surface area (Å²) < 4.78 is 5.29. The van der Waals surface area contributed by atoms with E-state index in [-0.39, 0.29) is 11.8 Å². The second-order valence-corrected chi connectivity index (χ2v) is 8.92. The van der Waals surface area contributed by atoms with Crippen molar-refractivity contribution < 1.29 is 9.53 Å². The van der Waals surface area contributed by atoms with Crippen LogP contribution in [0.2, 0.25) is 0 Å². The van der Waals surface area contributed by atoms with Crippen molar-refractivity contribution in [3.05, 3.63) is 71.4 Å². The molecule has 0 aliphatic carbocycles. The molecule has 6 heteroatoms. The molecule has 3 aromatic rings. The lowest BCUT2D eigenvalue weighted by Gasteiger charge is -2.18. The smallest absolute Gasteiger partial charge is 0.225 e. The molecule has 6 nitrogen and oxygen atoms in total. The van der Waals surface area contributed by atoms with Crippen LogP contribution in [0.15, 0.2) is 54.6 Å². The van der Waals surface area contributed by atoms with E-state index in [1.165, 1.54) is 5.56 Å². The lowest BCUT2D eigenvalue weighted by molar-refractivity contribution is -0.130. The van der Waals surface area contributed by atoms with Gasteiger partial charge in [-0.15, -0.1) is 0 Å². The largest absolute Gasteiger partial charge is 0.497 e. The highest BCUT2D eigenvalue weighted by atomic mass is 16.5. The number of hydrogen-bond donors (Lipinski definition) is 0. The van der Waals surface area contributed by atoms with Gasteiger partial charge < -0.3 is 14.5 Å². The van der Waals surface area contributed by atoms with Gasteiger partial charge in [0.1, 0.15) is 5.75 Å². The Morgan fingerprint density at radius 1 is 1.12 bits per heavy atom. The number of aryl methyl sites for hydroxylation is 2. The molecule has 0 spiro atoms. The Morgan fingerprint density at radius 3 is 2.64 bits per heavy atom. The molecule has 1 aliphatic rings. The minimum absolute atomic E-state index is 0.195. The van der Waals surface area contributed by atoms with Gasteiger partial charge in [0.05, 0.1) is 18.5 Å². The van der Waals surface area contributed by atoms with Crippen LogP contribution in [-0.2, 0) is 11.2 Å². The molecule has 1 fully saturated rings. The Hall–Kier alpha value is -3.41. The van der Waals surface area contributed by atoms with Crippen LogP contribution in [0.4, 0.5) is 5.95 Å². The first kappa shape index (κ1) is 22.8. The van der Waals surface area contributed by atoms with Crippen LogP contribution in [-0.4, -0.2) is 55.1 Å². The summed E-state index contributed by atoms with van der Waals surface area (Å²) in [5, 5.41) is 0. The topological polar surface area (TPSA) is 58.6 Å². The fraction of sp³-hybridized carbons (Fsp3) is 0.370. The minimum atomic E-state index is 0.195. The van der Waals surface area contributed by atoms with Gasteiger partial charge in [0.25, 0.3) is 0 Å². The molecule has 4 rings (SSSR count). The number of amides is 1. The number of hydrogen-bond acceptors (Lipinski definition) is 5. The highest BCUT2D eigenvalue weighted by molar-refractivity contribution is 5.77. The molecule has 0 N–H and O–H groups in total. The Balaban J connectivity index is 1.46. The van der Waals surface area contributed by atoms with Crippen LogP contribution in [0, 0.1) is 6.92 Å². The molecule has 2 heterocycles. The van der Waals surface area contributed by atoms with E-state index in [2.05, 4.69) is 37.3 Å². The first-order valence-corrected chi connectivity index (χ1v) is 11.5. The van der Waals surface area contributed by atoms with Gasteiger partial charge in [0.2, 0.25) is 11.9 Å². The van der Waals surface area contributed by atoms with E-state index < -0.39 is 0 Å². The van der Waals surface area contributed by atoms with E-state index in [9.17, 15) is 4.79 Å². The lowest BCUT2D eigenvalue weighted by Crippen LogP contribution is -2.28. The fourth-order valence-corrected chi connectivity index (χ4v) is 4.20. The normalized spacial score (nSPS) is 15.5. The maximum atomic E-state index is 12.9. The van der Waals surface area contributed by atoms with E-state index in [0.717, 1.165) is 41.2 Å². The van der Waals surface area contributed by atoms with Crippen molar-refractivity contribution in [2.45, 2.75) is 32.1 Å². The van der Waals surface area contributed by atoms with E-state index in [1.54, 1.807) is 7.11 Å². The Morgan fingerprint density at radius 2 is 1.91 bits per heavy atom. The molecule has 33 heavy (non-hydrogen) atoms. The zero-order chi connectivity index (χ0) is 23.4. The lowest BCUT2D eigenvalue weighted by atomic mass is 10.0. The summed E-state index contributed by atoms with van der Waals surface area (Å²) in [4.78, 5) is 26.4. The van der Waals surface area contributed by atoms with E-state index in [4.69, 9.17) is 14.7 Å². The van der Waals surface area contributed by atoms with Gasteiger partial charge in [-0.3, -0.25) is 4.79 Å². The van der Waals surface area contributed by atoms with E-state index >= 15 is 0 Å². The van der Waals surface area contributed by atoms with E-state index in [1.807, 2.05) is 48.2 Å². The number of rotatable bonds is 7. The summed E-state index contributed by atoms with van der Waals surface area (Å²) in [6.07, 6.45) is 2.14. The summed E-state index contributed by atoms with van der Waals surface area (Å²) in [5.74, 6) is 1.94. The molecule has 1 aromatic heterocycles. The molecule has 1 atom stereocenters. The molecular weight excluding hydrogens is 412 g/mol. The van der Waals surface area contributed by atoms with Crippen LogP contribution in [0.3, 0.4) is 0 Å². The van der Waals surface area contributed by atoms with Gasteiger partial charge in [-0.05, 0) is 43.5 Å². The number of carbonyl (C=O) groups is 1. The minimum Gasteiger partial charge on any atom is -0.497 e. The molecular formula is C27H32N4O2. The third kappa shape index (κ3) is 5.51. The molecule has 1 amide bonds. The summed E-state index contributed by atoms with van der Waals surface area (Å²) >= 11 is 0. The molecule has 2 aromatic carbocycles. The first-order chi connectivity index (χ1) is 15.9. The number of anilines is 1. The highest BCUT2D eigenvalue weighted by Crippen LogP contribution is 2.30. The Kier molecular flexibility index (Phi) is 6.92. The molecule has 1 saturated heterocycles. The predicted octanol–water partition coefficient (Wildman–Crippen LogP) is 4.48. The average Bonchev–Trinajstić information content (AvgIpc) is 3.33. The Labute approximate surface area is 196 Å². The van der Waals surface area contributed by atoms with Crippen LogP contribution in [0.1, 0.15) is 35.6 Å². The van der Waals surface area contributed by atoms with Crippen molar-refractivity contribution in [1.29, 1.82) is 0 Å². The van der Waals surface area contributed by atoms with Gasteiger partial charge in [0.15, 0.2) is 0 Å². The van der Waals surface area contributed by atoms with Crippen molar-refractivity contribution in [1.82, 2.24) is 14.9 Å². The summed E-state index contributed by atoms with van der Waals surface area (Å²) in [7, 11) is 5.58. The average molecular weight is 445 g/mol. The molecule has 172 valence electrons. The number of nitrogens with zero attached hydrogens (tertiary/aromatic N) is 4. The first-order valence-electron chi connectivity index (χ1n) is 11.5. The van der Waals surface area contributed by atoms with Crippen molar-refractivity contribution in [2.24, 2.45) is 0 Å². The van der Waals surface area contributed by atoms with Crippen molar-refractivity contribution in [3.63, 3.8) is 0 Å². The summed E-state index contributed by atoms with van der Waals surface area (Å²) in [6.45, 7) is 3.55. The molecule has 1 aliphatic heterocycles. The zero-order valence-electron chi connectivity index (χ0n) is 19.9. The number of aromatic nitrogens is 2. The summed E-state index contributed by atoms with van der Waals surface area (Å²) in [6, 6.07) is 18.4. The van der Waals surface area contributed by atoms with Crippen LogP contribution >= 0.6 is 0 Å². The standard InChI is InChI=1S/C27H32N4O2/c1-19-8-11-21(12-9-19)24-17-25(29-27(28-24)30(2)3)22-14-15-31(18-22)26(32)13-10-20-6-5-7-23(16-20)33-4/h5-9,11-12,16-17,22H,10,13-15,18H2,1-4H3. The van der Waals surface area contributed by atoms with Crippen LogP contribution < -0.4 is 9.64 Å². The van der Waals surface area contributed by atoms with Crippen LogP contribution in [0.25, 0.3) is 11.3 Å². The highest BCUT2D eigenvalue weighted by Gasteiger charge is 2.29. The second-order valence-electron chi connectivity index (χ2n) is 8.92. The fourth-order valence-electron chi connectivity index (χ4n) is 4.20. The maximum Gasteiger partial charge on any atom is 0.225 e. The van der Waals surface area contributed by atoms with Gasteiger partial charge >= 0.3 is 0 Å². The van der Waals surface area contributed by atoms with Gasteiger partial charge in [-0.2, -0.15) is 0 Å². The SMILES string of the molecule is COc1cccc(CCC(=O)N2CCC(c3cc(-c4ccc(C)cc4)nc(N(C)C)n3)C2)c1. The molecule has 0 saturated carbocycles. The van der Waals surface area contributed by atoms with Gasteiger partial charge in [-0.1, -0.05) is 42.0 Å². The number of methoxy groups -OCH3 is 1. The van der Waals surface area contributed by atoms with Crippen molar-refractivity contribution in [2.75, 3.05) is 39.2 Å². The zero-order valence-corrected chi connectivity index (χ0v) is 19.9.